The Kier molecular flexibility index (Phi) is 3.74. The predicted molar refractivity (Wildman–Crippen MR) is 78.1 cm³/mol. The molecule has 1 aromatic heterocycles. The first-order chi connectivity index (χ1) is 10.6. The molecule has 1 aliphatic heterocycles. The van der Waals surface area contributed by atoms with Gasteiger partial charge in [-0.05, 0) is 30.3 Å². The summed E-state index contributed by atoms with van der Waals surface area (Å²) in [6.07, 6.45) is 1.54. The van der Waals surface area contributed by atoms with Crippen molar-refractivity contribution >= 4 is 11.7 Å². The van der Waals surface area contributed by atoms with Gasteiger partial charge in [0.15, 0.2) is 17.3 Å². The number of ketones is 1. The van der Waals surface area contributed by atoms with E-state index in [1.165, 1.54) is 4.90 Å². The van der Waals surface area contributed by atoms with Gasteiger partial charge in [0.25, 0.3) is 5.91 Å². The van der Waals surface area contributed by atoms with Crippen molar-refractivity contribution in [3.05, 3.63) is 53.9 Å². The second kappa shape index (κ2) is 5.85. The quantitative estimate of drug-likeness (QED) is 0.805. The highest BCUT2D eigenvalue weighted by molar-refractivity contribution is 6.01. The smallest absolute Gasteiger partial charge is 0.272 e. The lowest BCUT2D eigenvalue weighted by molar-refractivity contribution is 0.0743. The number of rotatable bonds is 4. The van der Waals surface area contributed by atoms with E-state index < -0.39 is 0 Å². The van der Waals surface area contributed by atoms with Crippen LogP contribution in [0.25, 0.3) is 0 Å². The number of Topliss-reactive ketones (excluding diaryl/α,β-unsaturated/α-hetero) is 1. The standard InChI is InChI=1S/C16H14N2O4/c1-18(16(20)12-4-2-3-7-17-12)9-13(19)11-5-6-14-15(8-11)22-10-21-14/h2-8H,9-10H2,1H3. The summed E-state index contributed by atoms with van der Waals surface area (Å²) in [5, 5.41) is 0. The molecule has 1 aliphatic rings. The zero-order chi connectivity index (χ0) is 15.5. The summed E-state index contributed by atoms with van der Waals surface area (Å²) in [5.41, 5.74) is 0.786. The minimum Gasteiger partial charge on any atom is -0.454 e. The van der Waals surface area contributed by atoms with Gasteiger partial charge in [-0.3, -0.25) is 14.6 Å². The average Bonchev–Trinajstić information content (AvgIpc) is 3.02. The number of ether oxygens (including phenoxy) is 2. The molecule has 0 saturated carbocycles. The van der Waals surface area contributed by atoms with Crippen LogP contribution in [0.3, 0.4) is 0 Å². The molecule has 1 amide bonds. The first-order valence-electron chi connectivity index (χ1n) is 6.74. The highest BCUT2D eigenvalue weighted by Gasteiger charge is 2.19. The molecule has 0 bridgehead atoms. The first-order valence-corrected chi connectivity index (χ1v) is 6.74. The normalized spacial score (nSPS) is 12.0. The second-order valence-electron chi connectivity index (χ2n) is 4.87. The maximum Gasteiger partial charge on any atom is 0.272 e. The number of pyridine rings is 1. The zero-order valence-corrected chi connectivity index (χ0v) is 12.0. The van der Waals surface area contributed by atoms with Gasteiger partial charge in [-0.2, -0.15) is 0 Å². The number of amides is 1. The summed E-state index contributed by atoms with van der Waals surface area (Å²) in [6.45, 7) is 0.125. The maximum atomic E-state index is 12.3. The minimum atomic E-state index is -0.297. The molecule has 6 nitrogen and oxygen atoms in total. The summed E-state index contributed by atoms with van der Waals surface area (Å²) in [6, 6.07) is 10.1. The van der Waals surface area contributed by atoms with E-state index in [4.69, 9.17) is 9.47 Å². The van der Waals surface area contributed by atoms with E-state index in [9.17, 15) is 9.59 Å². The molecule has 3 rings (SSSR count). The van der Waals surface area contributed by atoms with E-state index >= 15 is 0 Å². The molecule has 0 saturated heterocycles. The molecule has 1 aromatic carbocycles. The van der Waals surface area contributed by atoms with Gasteiger partial charge < -0.3 is 14.4 Å². The number of fused-ring (bicyclic) bond motifs is 1. The molecule has 0 spiro atoms. The van der Waals surface area contributed by atoms with Crippen LogP contribution in [0.15, 0.2) is 42.6 Å². The largest absolute Gasteiger partial charge is 0.454 e. The Labute approximate surface area is 127 Å². The lowest BCUT2D eigenvalue weighted by Crippen LogP contribution is -2.32. The molecule has 0 aliphatic carbocycles. The molecule has 0 unspecified atom stereocenters. The molecular weight excluding hydrogens is 284 g/mol. The molecular formula is C16H14N2O4. The van der Waals surface area contributed by atoms with Gasteiger partial charge in [0.1, 0.15) is 5.69 Å². The summed E-state index contributed by atoms with van der Waals surface area (Å²) in [7, 11) is 1.57. The van der Waals surface area contributed by atoms with Crippen LogP contribution < -0.4 is 9.47 Å². The van der Waals surface area contributed by atoms with Gasteiger partial charge in [-0.25, -0.2) is 0 Å². The molecule has 22 heavy (non-hydrogen) atoms. The van der Waals surface area contributed by atoms with Gasteiger partial charge in [-0.15, -0.1) is 0 Å². The monoisotopic (exact) mass is 298 g/mol. The van der Waals surface area contributed by atoms with E-state index in [0.717, 1.165) is 0 Å². The van der Waals surface area contributed by atoms with Crippen molar-refractivity contribution in [1.29, 1.82) is 0 Å². The SMILES string of the molecule is CN(CC(=O)c1ccc2c(c1)OCO2)C(=O)c1ccccn1. The first kappa shape index (κ1) is 14.1. The second-order valence-corrected chi connectivity index (χ2v) is 4.87. The number of aromatic nitrogens is 1. The molecule has 2 heterocycles. The van der Waals surface area contributed by atoms with Crippen molar-refractivity contribution in [3.8, 4) is 11.5 Å². The van der Waals surface area contributed by atoms with E-state index in [1.54, 1.807) is 49.6 Å². The summed E-state index contributed by atoms with van der Waals surface area (Å²) in [5.74, 6) is 0.693. The number of benzene rings is 1. The van der Waals surface area contributed by atoms with Crippen molar-refractivity contribution in [1.82, 2.24) is 9.88 Å². The third-order valence-corrected chi connectivity index (χ3v) is 3.31. The Morgan fingerprint density at radius 3 is 2.77 bits per heavy atom. The van der Waals surface area contributed by atoms with Gasteiger partial charge in [-0.1, -0.05) is 6.07 Å². The van der Waals surface area contributed by atoms with Crippen molar-refractivity contribution in [2.45, 2.75) is 0 Å². The van der Waals surface area contributed by atoms with Crippen molar-refractivity contribution in [3.63, 3.8) is 0 Å². The van der Waals surface area contributed by atoms with Crippen molar-refractivity contribution < 1.29 is 19.1 Å². The topological polar surface area (TPSA) is 68.7 Å². The van der Waals surface area contributed by atoms with Crippen LogP contribution in [-0.4, -0.2) is 42.0 Å². The molecule has 112 valence electrons. The molecule has 2 aromatic rings. The number of likely N-dealkylation sites (N-methyl/N-ethyl adjacent to an activating group) is 1. The van der Waals surface area contributed by atoms with Crippen molar-refractivity contribution in [2.75, 3.05) is 20.4 Å². The molecule has 0 atom stereocenters. The van der Waals surface area contributed by atoms with Crippen molar-refractivity contribution in [2.24, 2.45) is 0 Å². The van der Waals surface area contributed by atoms with Crippen LogP contribution in [0, 0.1) is 0 Å². The Hall–Kier alpha value is -2.89. The van der Waals surface area contributed by atoms with Crippen LogP contribution in [0.2, 0.25) is 0 Å². The third-order valence-electron chi connectivity index (χ3n) is 3.31. The number of hydrogen-bond acceptors (Lipinski definition) is 5. The van der Waals surface area contributed by atoms with Gasteiger partial charge >= 0.3 is 0 Å². The zero-order valence-electron chi connectivity index (χ0n) is 12.0. The Morgan fingerprint density at radius 1 is 1.18 bits per heavy atom. The van der Waals surface area contributed by atoms with E-state index in [0.29, 0.717) is 22.8 Å². The van der Waals surface area contributed by atoms with Crippen LogP contribution in [0.4, 0.5) is 0 Å². The highest BCUT2D eigenvalue weighted by atomic mass is 16.7. The number of nitrogens with zero attached hydrogens (tertiary/aromatic N) is 2. The van der Waals surface area contributed by atoms with Gasteiger partial charge in [0, 0.05) is 18.8 Å². The Balaban J connectivity index is 1.70. The number of carbonyl (C=O) groups excluding carboxylic acids is 2. The highest BCUT2D eigenvalue weighted by Crippen LogP contribution is 2.32. The van der Waals surface area contributed by atoms with Crippen LogP contribution >= 0.6 is 0 Å². The van der Waals surface area contributed by atoms with E-state index in [-0.39, 0.29) is 25.0 Å². The van der Waals surface area contributed by atoms with Gasteiger partial charge in [0.05, 0.1) is 6.54 Å². The minimum absolute atomic E-state index is 0.0327. The molecule has 0 radical (unpaired) electrons. The third kappa shape index (κ3) is 2.76. The number of carbonyl (C=O) groups is 2. The molecule has 6 heteroatoms. The lowest BCUT2D eigenvalue weighted by atomic mass is 10.1. The van der Waals surface area contributed by atoms with E-state index in [1.807, 2.05) is 0 Å². The Bertz CT molecular complexity index is 715. The maximum absolute atomic E-state index is 12.3. The van der Waals surface area contributed by atoms with E-state index in [2.05, 4.69) is 4.98 Å². The summed E-state index contributed by atoms with van der Waals surface area (Å²) >= 11 is 0. The summed E-state index contributed by atoms with van der Waals surface area (Å²) < 4.78 is 10.5. The lowest BCUT2D eigenvalue weighted by Gasteiger charge is -2.15. The average molecular weight is 298 g/mol. The fourth-order valence-corrected chi connectivity index (χ4v) is 2.13. The van der Waals surface area contributed by atoms with Crippen LogP contribution in [0.5, 0.6) is 11.5 Å². The fraction of sp³-hybridized carbons (Fsp3) is 0.188. The summed E-state index contributed by atoms with van der Waals surface area (Å²) in [4.78, 5) is 29.8. The molecule has 0 fully saturated rings. The Morgan fingerprint density at radius 2 is 2.00 bits per heavy atom. The predicted octanol–water partition coefficient (Wildman–Crippen LogP) is 1.77. The van der Waals surface area contributed by atoms with Gasteiger partial charge in [0.2, 0.25) is 6.79 Å². The van der Waals surface area contributed by atoms with Crippen LogP contribution in [0.1, 0.15) is 20.8 Å². The van der Waals surface area contributed by atoms with Crippen LogP contribution in [-0.2, 0) is 0 Å². The molecule has 0 N–H and O–H groups in total. The fourth-order valence-electron chi connectivity index (χ4n) is 2.13. The number of hydrogen-bond donors (Lipinski definition) is 0.